The number of unbranched alkanes of at least 4 members (excludes halogenated alkanes) is 9. The molecule has 2 nitrogen and oxygen atoms in total. The monoisotopic (exact) mass is 257 g/mol. The van der Waals surface area contributed by atoms with Gasteiger partial charge in [-0.1, -0.05) is 64.7 Å². The minimum Gasteiger partial charge on any atom is -0.358 e. The Morgan fingerprint density at radius 2 is 1.41 bits per heavy atom. The van der Waals surface area contributed by atoms with Gasteiger partial charge in [-0.15, -0.1) is 0 Å². The van der Waals surface area contributed by atoms with Gasteiger partial charge in [0.1, 0.15) is 6.73 Å². The smallest absolute Gasteiger partial charge is 0.147 e. The molecule has 0 saturated heterocycles. The molecule has 0 bridgehead atoms. The van der Waals surface area contributed by atoms with Crippen LogP contribution >= 0.6 is 12.2 Å². The zero-order valence-corrected chi connectivity index (χ0v) is 12.1. The highest BCUT2D eigenvalue weighted by Crippen LogP contribution is 2.10. The molecule has 0 atom stereocenters. The number of nitrogens with zero attached hydrogens (tertiary/aromatic N) is 1. The van der Waals surface area contributed by atoms with Gasteiger partial charge in [-0.2, -0.15) is 0 Å². The second-order valence-corrected chi connectivity index (χ2v) is 4.65. The van der Waals surface area contributed by atoms with Gasteiger partial charge in [0, 0.05) is 6.61 Å². The molecule has 0 aliphatic carbocycles. The fourth-order valence-corrected chi connectivity index (χ4v) is 1.88. The van der Waals surface area contributed by atoms with Crippen molar-refractivity contribution in [2.75, 3.05) is 13.3 Å². The Balaban J connectivity index is 2.91. The SMILES string of the molecule is CCCCCCCCCCCCOCN=C=S. The second kappa shape index (κ2) is 15.8. The van der Waals surface area contributed by atoms with E-state index in [2.05, 4.69) is 29.3 Å². The lowest BCUT2D eigenvalue weighted by molar-refractivity contribution is 0.138. The summed E-state index contributed by atoms with van der Waals surface area (Å²) < 4.78 is 5.25. The molecule has 100 valence electrons. The molecule has 0 amide bonds. The van der Waals surface area contributed by atoms with Crippen LogP contribution in [0.3, 0.4) is 0 Å². The van der Waals surface area contributed by atoms with Crippen LogP contribution < -0.4 is 0 Å². The van der Waals surface area contributed by atoms with E-state index >= 15 is 0 Å². The first-order valence-corrected chi connectivity index (χ1v) is 7.44. The van der Waals surface area contributed by atoms with Gasteiger partial charge in [-0.05, 0) is 18.6 Å². The number of hydrogen-bond donors (Lipinski definition) is 0. The predicted molar refractivity (Wildman–Crippen MR) is 77.7 cm³/mol. The second-order valence-electron chi connectivity index (χ2n) is 4.47. The van der Waals surface area contributed by atoms with Gasteiger partial charge >= 0.3 is 0 Å². The number of thiocarbonyl (C=S) groups is 1. The summed E-state index contributed by atoms with van der Waals surface area (Å²) in [5.74, 6) is 0. The van der Waals surface area contributed by atoms with Crippen molar-refractivity contribution >= 4 is 17.4 Å². The van der Waals surface area contributed by atoms with Gasteiger partial charge < -0.3 is 4.74 Å². The Bertz CT molecular complexity index is 191. The quantitative estimate of drug-likeness (QED) is 0.263. The van der Waals surface area contributed by atoms with E-state index in [1.165, 1.54) is 57.8 Å². The molecule has 17 heavy (non-hydrogen) atoms. The third-order valence-corrected chi connectivity index (χ3v) is 2.99. The molecule has 0 saturated carbocycles. The molecule has 0 spiro atoms. The number of hydrogen-bond acceptors (Lipinski definition) is 3. The zero-order chi connectivity index (χ0) is 12.6. The van der Waals surface area contributed by atoms with Gasteiger partial charge in [0.15, 0.2) is 0 Å². The van der Waals surface area contributed by atoms with Crippen molar-refractivity contribution in [1.82, 2.24) is 0 Å². The van der Waals surface area contributed by atoms with Crippen molar-refractivity contribution in [3.05, 3.63) is 0 Å². The topological polar surface area (TPSA) is 21.6 Å². The van der Waals surface area contributed by atoms with Crippen molar-refractivity contribution < 1.29 is 4.74 Å². The summed E-state index contributed by atoms with van der Waals surface area (Å²) in [6, 6.07) is 0. The summed E-state index contributed by atoms with van der Waals surface area (Å²) in [6.07, 6.45) is 13.5. The summed E-state index contributed by atoms with van der Waals surface area (Å²) in [5, 5.41) is 2.29. The first kappa shape index (κ1) is 16.8. The van der Waals surface area contributed by atoms with E-state index in [0.29, 0.717) is 6.73 Å². The molecular weight excluding hydrogens is 230 g/mol. The number of aliphatic imine (C=N–C) groups is 1. The fraction of sp³-hybridized carbons (Fsp3) is 0.929. The molecule has 0 radical (unpaired) electrons. The van der Waals surface area contributed by atoms with Crippen LogP contribution in [0.1, 0.15) is 71.1 Å². The largest absolute Gasteiger partial charge is 0.358 e. The van der Waals surface area contributed by atoms with Crippen LogP contribution in [0.5, 0.6) is 0 Å². The molecule has 3 heteroatoms. The van der Waals surface area contributed by atoms with Crippen LogP contribution in [-0.4, -0.2) is 18.5 Å². The third-order valence-electron chi connectivity index (χ3n) is 2.86. The third kappa shape index (κ3) is 15.8. The fourth-order valence-electron chi connectivity index (χ4n) is 1.83. The van der Waals surface area contributed by atoms with Gasteiger partial charge in [-0.25, -0.2) is 4.99 Å². The van der Waals surface area contributed by atoms with Crippen molar-refractivity contribution in [1.29, 1.82) is 0 Å². The van der Waals surface area contributed by atoms with Crippen LogP contribution in [0.25, 0.3) is 0 Å². The molecule has 0 aliphatic heterocycles. The summed E-state index contributed by atoms with van der Waals surface area (Å²) in [6.45, 7) is 3.44. The van der Waals surface area contributed by atoms with Crippen LogP contribution in [0.2, 0.25) is 0 Å². The first-order valence-electron chi connectivity index (χ1n) is 7.03. The predicted octanol–water partition coefficient (Wildman–Crippen LogP) is 4.98. The summed E-state index contributed by atoms with van der Waals surface area (Å²) in [4.78, 5) is 3.70. The molecule has 0 aliphatic rings. The highest BCUT2D eigenvalue weighted by Gasteiger charge is 1.92. The maximum atomic E-state index is 5.25. The molecule has 0 fully saturated rings. The van der Waals surface area contributed by atoms with Crippen molar-refractivity contribution in [3.8, 4) is 0 Å². The average molecular weight is 257 g/mol. The molecule has 0 heterocycles. The van der Waals surface area contributed by atoms with Crippen LogP contribution in [0.15, 0.2) is 4.99 Å². The maximum Gasteiger partial charge on any atom is 0.147 e. The van der Waals surface area contributed by atoms with E-state index < -0.39 is 0 Å². The van der Waals surface area contributed by atoms with Crippen LogP contribution in [0.4, 0.5) is 0 Å². The molecule has 0 aromatic rings. The Morgan fingerprint density at radius 1 is 0.882 bits per heavy atom. The van der Waals surface area contributed by atoms with E-state index in [9.17, 15) is 0 Å². The molecule has 0 aromatic carbocycles. The lowest BCUT2D eigenvalue weighted by atomic mass is 10.1. The molecular formula is C14H27NOS. The normalized spacial score (nSPS) is 10.2. The van der Waals surface area contributed by atoms with Crippen molar-refractivity contribution in [3.63, 3.8) is 0 Å². The van der Waals surface area contributed by atoms with Gasteiger partial charge in [0.2, 0.25) is 0 Å². The number of ether oxygens (including phenoxy) is 1. The minimum absolute atomic E-state index is 0.376. The van der Waals surface area contributed by atoms with Crippen molar-refractivity contribution in [2.24, 2.45) is 4.99 Å². The minimum atomic E-state index is 0.376. The standard InChI is InChI=1S/C14H27NOS/c1-2-3-4-5-6-7-8-9-10-11-12-16-13-15-14-17/h2-13H2,1H3. The molecule has 0 rings (SSSR count). The Hall–Kier alpha value is -0.240. The van der Waals surface area contributed by atoms with Gasteiger partial charge in [-0.3, -0.25) is 0 Å². The van der Waals surface area contributed by atoms with Gasteiger partial charge in [0.25, 0.3) is 0 Å². The molecule has 0 unspecified atom stereocenters. The van der Waals surface area contributed by atoms with E-state index in [1.807, 2.05) is 0 Å². The van der Waals surface area contributed by atoms with E-state index in [4.69, 9.17) is 4.74 Å². The van der Waals surface area contributed by atoms with Gasteiger partial charge in [0.05, 0.1) is 5.16 Å². The van der Waals surface area contributed by atoms with E-state index in [1.54, 1.807) is 0 Å². The maximum absolute atomic E-state index is 5.25. The lowest BCUT2D eigenvalue weighted by Gasteiger charge is -2.02. The summed E-state index contributed by atoms with van der Waals surface area (Å²) in [7, 11) is 0. The van der Waals surface area contributed by atoms with Crippen molar-refractivity contribution in [2.45, 2.75) is 71.1 Å². The zero-order valence-electron chi connectivity index (χ0n) is 11.2. The lowest BCUT2D eigenvalue weighted by Crippen LogP contribution is -1.94. The highest BCUT2D eigenvalue weighted by molar-refractivity contribution is 7.78. The molecule has 0 aromatic heterocycles. The Kier molecular flexibility index (Phi) is 15.5. The van der Waals surface area contributed by atoms with Crippen LogP contribution in [0, 0.1) is 0 Å². The highest BCUT2D eigenvalue weighted by atomic mass is 32.1. The van der Waals surface area contributed by atoms with E-state index in [0.717, 1.165) is 13.0 Å². The average Bonchev–Trinajstić information content (AvgIpc) is 2.35. The molecule has 0 N–H and O–H groups in total. The van der Waals surface area contributed by atoms with E-state index in [-0.39, 0.29) is 0 Å². The first-order chi connectivity index (χ1) is 8.41. The number of isothiocyanates is 1. The van der Waals surface area contributed by atoms with Crippen LogP contribution in [-0.2, 0) is 4.74 Å². The Morgan fingerprint density at radius 3 is 1.94 bits per heavy atom. The number of rotatable bonds is 13. The Labute approximate surface area is 112 Å². The summed E-state index contributed by atoms with van der Waals surface area (Å²) >= 11 is 4.44. The summed E-state index contributed by atoms with van der Waals surface area (Å²) in [5.41, 5.74) is 0.